The smallest absolute Gasteiger partial charge is 0.0325 e. The van der Waals surface area contributed by atoms with Crippen LogP contribution in [0.25, 0.3) is 0 Å². The highest BCUT2D eigenvalue weighted by Gasteiger charge is 2.36. The molecule has 0 spiro atoms. The summed E-state index contributed by atoms with van der Waals surface area (Å²) >= 11 is 1.86. The number of nitrogens with zero attached hydrogens (tertiary/aromatic N) is 1. The van der Waals surface area contributed by atoms with E-state index in [0.717, 1.165) is 6.54 Å². The Morgan fingerprint density at radius 3 is 2.81 bits per heavy atom. The summed E-state index contributed by atoms with van der Waals surface area (Å²) in [7, 11) is 4.31. The van der Waals surface area contributed by atoms with Crippen molar-refractivity contribution in [3.63, 3.8) is 0 Å². The lowest BCUT2D eigenvalue weighted by Crippen LogP contribution is -2.46. The van der Waals surface area contributed by atoms with Crippen molar-refractivity contribution in [3.05, 3.63) is 22.4 Å². The van der Waals surface area contributed by atoms with Gasteiger partial charge in [0.1, 0.15) is 0 Å². The van der Waals surface area contributed by atoms with Crippen molar-refractivity contribution in [2.75, 3.05) is 27.2 Å². The van der Waals surface area contributed by atoms with Crippen molar-refractivity contribution in [3.8, 4) is 0 Å². The van der Waals surface area contributed by atoms with Gasteiger partial charge in [0, 0.05) is 24.5 Å². The van der Waals surface area contributed by atoms with E-state index in [1.165, 1.54) is 37.2 Å². The molecule has 1 N–H and O–H groups in total. The number of hydrogen-bond donors (Lipinski definition) is 1. The summed E-state index contributed by atoms with van der Waals surface area (Å²) in [6.07, 6.45) is 4.19. The molecule has 2 nitrogen and oxygen atoms in total. The molecule has 16 heavy (non-hydrogen) atoms. The van der Waals surface area contributed by atoms with Gasteiger partial charge in [0.05, 0.1) is 0 Å². The monoisotopic (exact) mass is 238 g/mol. The molecule has 0 amide bonds. The zero-order valence-electron chi connectivity index (χ0n) is 10.3. The first-order valence-corrected chi connectivity index (χ1v) is 6.98. The third-order valence-corrected chi connectivity index (χ3v) is 4.44. The Morgan fingerprint density at radius 2 is 2.31 bits per heavy atom. The predicted molar refractivity (Wildman–Crippen MR) is 70.9 cm³/mol. The van der Waals surface area contributed by atoms with Crippen LogP contribution in [-0.4, -0.2) is 32.1 Å². The highest BCUT2D eigenvalue weighted by Crippen LogP contribution is 2.41. The molecule has 1 aliphatic rings. The quantitative estimate of drug-likeness (QED) is 0.819. The third-order valence-electron chi connectivity index (χ3n) is 3.58. The standard InChI is InChI=1S/C13H22N2S/c1-14-10-13(6-4-7-13)11-15(2)9-12-5-3-8-16-12/h3,5,8,14H,4,6-7,9-11H2,1-2H3. The fourth-order valence-corrected chi connectivity index (χ4v) is 3.52. The van der Waals surface area contributed by atoms with E-state index < -0.39 is 0 Å². The van der Waals surface area contributed by atoms with E-state index in [1.807, 2.05) is 11.3 Å². The van der Waals surface area contributed by atoms with Crippen LogP contribution in [0.4, 0.5) is 0 Å². The van der Waals surface area contributed by atoms with Crippen molar-refractivity contribution in [1.82, 2.24) is 10.2 Å². The summed E-state index contributed by atoms with van der Waals surface area (Å²) in [6.45, 7) is 3.50. The van der Waals surface area contributed by atoms with E-state index in [2.05, 4.69) is 41.8 Å². The molecule has 0 bridgehead atoms. The molecule has 0 unspecified atom stereocenters. The lowest BCUT2D eigenvalue weighted by Gasteiger charge is -2.44. The summed E-state index contributed by atoms with van der Waals surface area (Å²) in [5, 5.41) is 5.51. The molecule has 1 aromatic rings. The van der Waals surface area contributed by atoms with Crippen LogP contribution in [0.3, 0.4) is 0 Å². The molecule has 0 aliphatic heterocycles. The van der Waals surface area contributed by atoms with Gasteiger partial charge in [-0.2, -0.15) is 0 Å². The zero-order chi connectivity index (χ0) is 11.4. The van der Waals surface area contributed by atoms with E-state index in [1.54, 1.807) is 0 Å². The molecule has 90 valence electrons. The van der Waals surface area contributed by atoms with E-state index >= 15 is 0 Å². The van der Waals surface area contributed by atoms with Crippen LogP contribution in [0.1, 0.15) is 24.1 Å². The summed E-state index contributed by atoms with van der Waals surface area (Å²) in [6, 6.07) is 4.37. The molecule has 0 saturated heterocycles. The summed E-state index contributed by atoms with van der Waals surface area (Å²) in [4.78, 5) is 3.95. The molecule has 1 heterocycles. The van der Waals surface area contributed by atoms with Crippen molar-refractivity contribution >= 4 is 11.3 Å². The first-order chi connectivity index (χ1) is 7.74. The maximum atomic E-state index is 3.35. The van der Waals surface area contributed by atoms with Crippen LogP contribution in [0.15, 0.2) is 17.5 Å². The molecular formula is C13H22N2S. The Bertz CT molecular complexity index is 304. The van der Waals surface area contributed by atoms with Gasteiger partial charge in [0.25, 0.3) is 0 Å². The molecule has 2 rings (SSSR count). The molecule has 1 saturated carbocycles. The SMILES string of the molecule is CNCC1(CN(C)Cc2cccs2)CCC1. The molecular weight excluding hydrogens is 216 g/mol. The predicted octanol–water partition coefficient (Wildman–Crippen LogP) is 2.57. The number of nitrogens with one attached hydrogen (secondary N) is 1. The molecule has 1 aromatic heterocycles. The fraction of sp³-hybridized carbons (Fsp3) is 0.692. The molecule has 0 radical (unpaired) electrons. The van der Waals surface area contributed by atoms with Crippen LogP contribution in [0, 0.1) is 5.41 Å². The highest BCUT2D eigenvalue weighted by atomic mass is 32.1. The maximum absolute atomic E-state index is 3.35. The van der Waals surface area contributed by atoms with Gasteiger partial charge in [-0.05, 0) is 43.8 Å². The number of thiophene rings is 1. The highest BCUT2D eigenvalue weighted by molar-refractivity contribution is 7.09. The molecule has 3 heteroatoms. The summed E-state index contributed by atoms with van der Waals surface area (Å²) < 4.78 is 0. The van der Waals surface area contributed by atoms with Gasteiger partial charge in [-0.15, -0.1) is 11.3 Å². The van der Waals surface area contributed by atoms with Crippen LogP contribution in [0.5, 0.6) is 0 Å². The molecule has 0 atom stereocenters. The lowest BCUT2D eigenvalue weighted by atomic mass is 9.68. The first-order valence-electron chi connectivity index (χ1n) is 6.10. The van der Waals surface area contributed by atoms with Gasteiger partial charge in [0.15, 0.2) is 0 Å². The van der Waals surface area contributed by atoms with Crippen molar-refractivity contribution in [1.29, 1.82) is 0 Å². The third kappa shape index (κ3) is 2.84. The van der Waals surface area contributed by atoms with Gasteiger partial charge >= 0.3 is 0 Å². The average molecular weight is 238 g/mol. The number of rotatable bonds is 6. The van der Waals surface area contributed by atoms with Crippen LogP contribution >= 0.6 is 11.3 Å². The lowest BCUT2D eigenvalue weighted by molar-refractivity contribution is 0.0772. The van der Waals surface area contributed by atoms with E-state index in [0.29, 0.717) is 5.41 Å². The van der Waals surface area contributed by atoms with Crippen molar-refractivity contribution in [2.24, 2.45) is 5.41 Å². The fourth-order valence-electron chi connectivity index (χ4n) is 2.74. The van der Waals surface area contributed by atoms with Gasteiger partial charge in [0.2, 0.25) is 0 Å². The first kappa shape index (κ1) is 12.1. The molecule has 1 aliphatic carbocycles. The summed E-state index contributed by atoms with van der Waals surface area (Å²) in [5.74, 6) is 0. The van der Waals surface area contributed by atoms with Crippen LogP contribution in [-0.2, 0) is 6.54 Å². The van der Waals surface area contributed by atoms with Crippen LogP contribution in [0.2, 0.25) is 0 Å². The minimum absolute atomic E-state index is 0.556. The largest absolute Gasteiger partial charge is 0.319 e. The number of hydrogen-bond acceptors (Lipinski definition) is 3. The topological polar surface area (TPSA) is 15.3 Å². The van der Waals surface area contributed by atoms with Gasteiger partial charge in [-0.3, -0.25) is 0 Å². The van der Waals surface area contributed by atoms with Gasteiger partial charge < -0.3 is 10.2 Å². The Labute approximate surface area is 103 Å². The average Bonchev–Trinajstić information content (AvgIpc) is 2.67. The molecule has 1 fully saturated rings. The van der Waals surface area contributed by atoms with Crippen molar-refractivity contribution < 1.29 is 0 Å². The van der Waals surface area contributed by atoms with E-state index in [-0.39, 0.29) is 0 Å². The normalized spacial score (nSPS) is 18.7. The van der Waals surface area contributed by atoms with Crippen molar-refractivity contribution in [2.45, 2.75) is 25.8 Å². The Kier molecular flexibility index (Phi) is 4.00. The maximum Gasteiger partial charge on any atom is 0.0325 e. The minimum atomic E-state index is 0.556. The molecule has 0 aromatic carbocycles. The minimum Gasteiger partial charge on any atom is -0.319 e. The Hall–Kier alpha value is -0.380. The van der Waals surface area contributed by atoms with Gasteiger partial charge in [-0.1, -0.05) is 12.5 Å². The van der Waals surface area contributed by atoms with E-state index in [9.17, 15) is 0 Å². The zero-order valence-corrected chi connectivity index (χ0v) is 11.1. The Balaban J connectivity index is 1.83. The summed E-state index contributed by atoms with van der Waals surface area (Å²) in [5.41, 5.74) is 0.556. The second kappa shape index (κ2) is 5.30. The second-order valence-corrected chi connectivity index (χ2v) is 6.17. The van der Waals surface area contributed by atoms with Gasteiger partial charge in [-0.25, -0.2) is 0 Å². The van der Waals surface area contributed by atoms with E-state index in [4.69, 9.17) is 0 Å². The van der Waals surface area contributed by atoms with Crippen LogP contribution < -0.4 is 5.32 Å². The Morgan fingerprint density at radius 1 is 1.50 bits per heavy atom. The second-order valence-electron chi connectivity index (χ2n) is 5.14.